The van der Waals surface area contributed by atoms with Crippen molar-refractivity contribution in [2.45, 2.75) is 20.0 Å². The largest absolute Gasteiger partial charge is 0.488 e. The molecule has 0 radical (unpaired) electrons. The van der Waals surface area contributed by atoms with Gasteiger partial charge >= 0.3 is 0 Å². The van der Waals surface area contributed by atoms with Crippen molar-refractivity contribution in [2.24, 2.45) is 5.10 Å². The van der Waals surface area contributed by atoms with Crippen LogP contribution in [0.25, 0.3) is 10.9 Å². The Morgan fingerprint density at radius 2 is 1.75 bits per heavy atom. The van der Waals surface area contributed by atoms with Gasteiger partial charge in [0.1, 0.15) is 18.2 Å². The molecular formula is C24H18Br3N3O2. The predicted molar refractivity (Wildman–Crippen MR) is 139 cm³/mol. The fourth-order valence-electron chi connectivity index (χ4n) is 3.12. The molecule has 4 aromatic rings. The van der Waals surface area contributed by atoms with Crippen LogP contribution >= 0.6 is 47.8 Å². The van der Waals surface area contributed by atoms with Crippen LogP contribution in [0.5, 0.6) is 5.75 Å². The smallest absolute Gasteiger partial charge is 0.282 e. The Bertz CT molecular complexity index is 1370. The van der Waals surface area contributed by atoms with E-state index < -0.39 is 0 Å². The normalized spacial score (nSPS) is 11.4. The van der Waals surface area contributed by atoms with Crippen LogP contribution in [0.4, 0.5) is 0 Å². The molecule has 4 rings (SSSR count). The van der Waals surface area contributed by atoms with Gasteiger partial charge in [0.15, 0.2) is 0 Å². The molecular weight excluding hydrogens is 602 g/mol. The van der Waals surface area contributed by atoms with Crippen molar-refractivity contribution in [3.05, 3.63) is 101 Å². The van der Waals surface area contributed by atoms with Crippen LogP contribution in [0, 0.1) is 0 Å². The monoisotopic (exact) mass is 617 g/mol. The molecule has 0 aliphatic carbocycles. The van der Waals surface area contributed by atoms with Gasteiger partial charge in [0.25, 0.3) is 5.56 Å². The minimum atomic E-state index is -0.196. The van der Waals surface area contributed by atoms with Gasteiger partial charge in [-0.15, -0.1) is 0 Å². The second-order valence-corrected chi connectivity index (χ2v) is 9.70. The molecule has 0 spiro atoms. The number of aromatic nitrogens is 2. The van der Waals surface area contributed by atoms with Crippen LogP contribution in [0.15, 0.2) is 84.0 Å². The maximum atomic E-state index is 13.0. The Morgan fingerprint density at radius 1 is 1.00 bits per heavy atom. The van der Waals surface area contributed by atoms with Crippen LogP contribution < -0.4 is 10.3 Å². The van der Waals surface area contributed by atoms with E-state index in [0.29, 0.717) is 29.8 Å². The lowest BCUT2D eigenvalue weighted by molar-refractivity contribution is 0.304. The number of aryl methyl sites for hydroxylation is 1. The average molecular weight is 620 g/mol. The Morgan fingerprint density at radius 3 is 2.47 bits per heavy atom. The summed E-state index contributed by atoms with van der Waals surface area (Å²) in [6, 6.07) is 19.2. The molecule has 32 heavy (non-hydrogen) atoms. The van der Waals surface area contributed by atoms with E-state index in [4.69, 9.17) is 4.74 Å². The fraction of sp³-hybridized carbons (Fsp3) is 0.125. The van der Waals surface area contributed by atoms with Gasteiger partial charge in [0.05, 0.1) is 21.6 Å². The van der Waals surface area contributed by atoms with Gasteiger partial charge in [-0.2, -0.15) is 9.78 Å². The highest BCUT2D eigenvalue weighted by atomic mass is 79.9. The molecule has 0 amide bonds. The molecule has 162 valence electrons. The van der Waals surface area contributed by atoms with Crippen LogP contribution in [0.1, 0.15) is 23.9 Å². The Labute approximate surface area is 210 Å². The molecule has 0 aliphatic heterocycles. The van der Waals surface area contributed by atoms with Crippen molar-refractivity contribution in [1.82, 2.24) is 9.66 Å². The maximum absolute atomic E-state index is 13.0. The zero-order valence-corrected chi connectivity index (χ0v) is 21.8. The first kappa shape index (κ1) is 22.9. The minimum absolute atomic E-state index is 0.196. The zero-order valence-electron chi connectivity index (χ0n) is 17.1. The minimum Gasteiger partial charge on any atom is -0.488 e. The summed E-state index contributed by atoms with van der Waals surface area (Å²) < 4.78 is 9.95. The van der Waals surface area contributed by atoms with E-state index in [9.17, 15) is 4.79 Å². The van der Waals surface area contributed by atoms with E-state index in [-0.39, 0.29) is 5.56 Å². The lowest BCUT2D eigenvalue weighted by Gasteiger charge is -2.10. The number of hydrogen-bond donors (Lipinski definition) is 0. The molecule has 0 fully saturated rings. The zero-order chi connectivity index (χ0) is 22.7. The third-order valence-electron chi connectivity index (χ3n) is 4.78. The lowest BCUT2D eigenvalue weighted by Crippen LogP contribution is -2.22. The Kier molecular flexibility index (Phi) is 7.23. The van der Waals surface area contributed by atoms with Crippen molar-refractivity contribution < 1.29 is 4.74 Å². The maximum Gasteiger partial charge on any atom is 0.282 e. The summed E-state index contributed by atoms with van der Waals surface area (Å²) in [5, 5.41) is 4.95. The van der Waals surface area contributed by atoms with Gasteiger partial charge in [-0.1, -0.05) is 50.9 Å². The molecule has 0 unspecified atom stereocenters. The number of ether oxygens (including phenoxy) is 1. The number of fused-ring (bicyclic) bond motifs is 1. The molecule has 5 nitrogen and oxygen atoms in total. The van der Waals surface area contributed by atoms with E-state index in [1.807, 2.05) is 61.5 Å². The van der Waals surface area contributed by atoms with Crippen molar-refractivity contribution >= 4 is 64.9 Å². The second kappa shape index (κ2) is 10.1. The summed E-state index contributed by atoms with van der Waals surface area (Å²) in [5.41, 5.74) is 2.37. The van der Waals surface area contributed by atoms with E-state index in [0.717, 1.165) is 30.3 Å². The third kappa shape index (κ3) is 5.19. The van der Waals surface area contributed by atoms with Gasteiger partial charge in [-0.3, -0.25) is 4.79 Å². The summed E-state index contributed by atoms with van der Waals surface area (Å²) in [5.74, 6) is 1.34. The van der Waals surface area contributed by atoms with Crippen molar-refractivity contribution in [2.75, 3.05) is 0 Å². The van der Waals surface area contributed by atoms with Crippen LogP contribution in [0.3, 0.4) is 0 Å². The third-order valence-corrected chi connectivity index (χ3v) is 6.42. The van der Waals surface area contributed by atoms with Crippen molar-refractivity contribution in [1.29, 1.82) is 0 Å². The van der Waals surface area contributed by atoms with Crippen LogP contribution in [0.2, 0.25) is 0 Å². The first-order valence-corrected chi connectivity index (χ1v) is 12.2. The molecule has 8 heteroatoms. The molecule has 0 saturated carbocycles. The number of halogens is 3. The van der Waals surface area contributed by atoms with E-state index in [2.05, 4.69) is 57.9 Å². The number of hydrogen-bond acceptors (Lipinski definition) is 4. The Hall–Kier alpha value is -2.29. The van der Waals surface area contributed by atoms with Crippen LogP contribution in [-0.2, 0) is 13.0 Å². The van der Waals surface area contributed by atoms with E-state index in [1.165, 1.54) is 4.68 Å². The highest BCUT2D eigenvalue weighted by molar-refractivity contribution is 9.11. The van der Waals surface area contributed by atoms with Crippen molar-refractivity contribution in [3.63, 3.8) is 0 Å². The average Bonchev–Trinajstić information content (AvgIpc) is 2.79. The van der Waals surface area contributed by atoms with Gasteiger partial charge in [0.2, 0.25) is 0 Å². The van der Waals surface area contributed by atoms with Crippen LogP contribution in [-0.4, -0.2) is 15.9 Å². The molecule has 0 atom stereocenters. The SMILES string of the molecule is CCc1nc2ccc(Br)cc2c(=O)n1N=Cc1ccc(OCc2ccc(Br)cc2)c(Br)c1. The quantitative estimate of drug-likeness (QED) is 0.226. The predicted octanol–water partition coefficient (Wildman–Crippen LogP) is 6.71. The molecule has 0 N–H and O–H groups in total. The number of nitrogens with zero attached hydrogens (tertiary/aromatic N) is 3. The van der Waals surface area contributed by atoms with Crippen molar-refractivity contribution in [3.8, 4) is 5.75 Å². The van der Waals surface area contributed by atoms with Gasteiger partial charge in [-0.05, 0) is 75.6 Å². The standard InChI is InChI=1S/C24H18Br3N3O2/c1-2-23-29-21-9-8-18(26)12-19(21)24(31)30(23)28-13-16-5-10-22(20(27)11-16)32-14-15-3-6-17(25)7-4-15/h3-13H,2,14H2,1H3. The second-order valence-electron chi connectivity index (χ2n) is 7.01. The summed E-state index contributed by atoms with van der Waals surface area (Å²) in [4.78, 5) is 17.6. The number of rotatable bonds is 6. The van der Waals surface area contributed by atoms with Gasteiger partial charge in [-0.25, -0.2) is 4.98 Å². The highest BCUT2D eigenvalue weighted by Gasteiger charge is 2.10. The summed E-state index contributed by atoms with van der Waals surface area (Å²) >= 11 is 10.4. The summed E-state index contributed by atoms with van der Waals surface area (Å²) in [7, 11) is 0. The van der Waals surface area contributed by atoms with Gasteiger partial charge < -0.3 is 4.74 Å². The molecule has 3 aromatic carbocycles. The van der Waals surface area contributed by atoms with Gasteiger partial charge in [0, 0.05) is 15.4 Å². The molecule has 1 heterocycles. The first-order valence-electron chi connectivity index (χ1n) is 9.87. The topological polar surface area (TPSA) is 56.5 Å². The first-order chi connectivity index (χ1) is 15.4. The highest BCUT2D eigenvalue weighted by Crippen LogP contribution is 2.26. The Balaban J connectivity index is 1.57. The van der Waals surface area contributed by atoms with E-state index >= 15 is 0 Å². The molecule has 0 aliphatic rings. The summed E-state index contributed by atoms with van der Waals surface area (Å²) in [6.07, 6.45) is 2.24. The van der Waals surface area contributed by atoms with E-state index in [1.54, 1.807) is 12.3 Å². The molecule has 1 aromatic heterocycles. The summed E-state index contributed by atoms with van der Waals surface area (Å²) in [6.45, 7) is 2.42. The fourth-order valence-corrected chi connectivity index (χ4v) is 4.26. The lowest BCUT2D eigenvalue weighted by atomic mass is 10.2. The number of benzene rings is 3. The molecule has 0 bridgehead atoms. The molecule has 0 saturated heterocycles.